The minimum Gasteiger partial charge on any atom is -0.352 e. The van der Waals surface area contributed by atoms with E-state index in [1.165, 1.54) is 24.3 Å². The van der Waals surface area contributed by atoms with E-state index in [0.717, 1.165) is 10.5 Å². The third kappa shape index (κ3) is 11.3. The fourth-order valence-electron chi connectivity index (χ4n) is 5.23. The first kappa shape index (κ1) is 38.0. The van der Waals surface area contributed by atoms with Gasteiger partial charge >= 0.3 is 6.03 Å². The number of carbonyl (C=O) groups excluding carboxylic acids is 6. The Labute approximate surface area is 284 Å². The Morgan fingerprint density at radius 3 is 2.20 bits per heavy atom. The lowest BCUT2D eigenvalue weighted by molar-refractivity contribution is -0.385. The number of hydrogen-bond acceptors (Lipinski definition) is 9. The Balaban J connectivity index is 1.65. The molecule has 0 bridgehead atoms. The van der Waals surface area contributed by atoms with Crippen LogP contribution in [-0.2, 0) is 25.6 Å². The smallest absolute Gasteiger partial charge is 0.312 e. The molecule has 2 aromatic rings. The molecule has 1 heterocycles. The molecule has 3 rings (SSSR count). The molecule has 262 valence electrons. The van der Waals surface area contributed by atoms with Crippen LogP contribution in [0.4, 0.5) is 16.2 Å². The standard InChI is InChI=1S/C34H43N7O8/c1-21(2)31(35)33(46)39-25(9-7-18-37-34(36)47)32(45)38-24-14-12-22(13-15-24)20-23-8-6-10-26(41(48)49)30(23)27(42)11-4-3-5-19-40-28(43)16-17-29(40)44/h6,8,10,12-17,21,25,31H,3-5,7,9,11,18-20,35H2,1-2H3,(H,38,45)(H,39,46)(H3,36,37,47)/t25-,31-/m0/s1. The van der Waals surface area contributed by atoms with Crippen molar-refractivity contribution in [2.75, 3.05) is 18.4 Å². The highest BCUT2D eigenvalue weighted by Crippen LogP contribution is 2.27. The molecule has 1 aliphatic heterocycles. The summed E-state index contributed by atoms with van der Waals surface area (Å²) in [7, 11) is 0. The number of ketones is 1. The second kappa shape index (κ2) is 18.2. The van der Waals surface area contributed by atoms with Crippen LogP contribution in [0.5, 0.6) is 0 Å². The van der Waals surface area contributed by atoms with Gasteiger partial charge in [0, 0.05) is 43.4 Å². The van der Waals surface area contributed by atoms with Crippen LogP contribution in [0.3, 0.4) is 0 Å². The number of unbranched alkanes of at least 4 members (excludes halogenated alkanes) is 2. The van der Waals surface area contributed by atoms with Crippen molar-refractivity contribution in [2.24, 2.45) is 17.4 Å². The fraction of sp³-hybridized carbons (Fsp3) is 0.412. The molecule has 49 heavy (non-hydrogen) atoms. The number of nitro groups is 1. The van der Waals surface area contributed by atoms with E-state index in [1.807, 2.05) is 0 Å². The SMILES string of the molecule is CC(C)[C@H](N)C(=O)N[C@@H](CCCNC(N)=O)C(=O)Nc1ccc(Cc2cccc([N+](=O)[O-])c2C(=O)CCCCCN2C(=O)C=CC2=O)cc1. The monoisotopic (exact) mass is 677 g/mol. The van der Waals surface area contributed by atoms with Crippen LogP contribution >= 0.6 is 0 Å². The lowest BCUT2D eigenvalue weighted by Crippen LogP contribution is -2.51. The zero-order valence-corrected chi connectivity index (χ0v) is 27.6. The van der Waals surface area contributed by atoms with Gasteiger partial charge in [0.15, 0.2) is 5.78 Å². The van der Waals surface area contributed by atoms with E-state index in [-0.39, 0.29) is 67.1 Å². The minimum absolute atomic E-state index is 0.0305. The average Bonchev–Trinajstić information content (AvgIpc) is 3.38. The summed E-state index contributed by atoms with van der Waals surface area (Å²) in [6, 6.07) is 8.75. The van der Waals surface area contributed by atoms with E-state index in [1.54, 1.807) is 44.2 Å². The molecule has 1 aliphatic rings. The van der Waals surface area contributed by atoms with Crippen molar-refractivity contribution in [3.63, 3.8) is 0 Å². The Bertz CT molecular complexity index is 1570. The van der Waals surface area contributed by atoms with Crippen LogP contribution in [0.15, 0.2) is 54.6 Å². The van der Waals surface area contributed by atoms with Crippen molar-refractivity contribution in [1.82, 2.24) is 15.5 Å². The van der Waals surface area contributed by atoms with Crippen molar-refractivity contribution < 1.29 is 33.7 Å². The number of hydrogen-bond donors (Lipinski definition) is 5. The number of urea groups is 1. The van der Waals surface area contributed by atoms with Crippen LogP contribution in [0.1, 0.15) is 73.9 Å². The van der Waals surface area contributed by atoms with Crippen LogP contribution in [-0.4, -0.2) is 70.4 Å². The zero-order valence-electron chi connectivity index (χ0n) is 27.6. The number of benzene rings is 2. The van der Waals surface area contributed by atoms with E-state index in [9.17, 15) is 38.9 Å². The maximum absolute atomic E-state index is 13.3. The van der Waals surface area contributed by atoms with Gasteiger partial charge < -0.3 is 27.4 Å². The first-order valence-corrected chi connectivity index (χ1v) is 16.1. The van der Waals surface area contributed by atoms with Crippen LogP contribution in [0.25, 0.3) is 0 Å². The number of nitro benzene ring substituents is 1. The lowest BCUT2D eigenvalue weighted by Gasteiger charge is -2.22. The third-order valence-electron chi connectivity index (χ3n) is 8.03. The molecule has 2 aromatic carbocycles. The lowest BCUT2D eigenvalue weighted by atomic mass is 9.93. The summed E-state index contributed by atoms with van der Waals surface area (Å²) < 4.78 is 0. The highest BCUT2D eigenvalue weighted by molar-refractivity contribution is 6.12. The van der Waals surface area contributed by atoms with Gasteiger partial charge in [-0.25, -0.2) is 4.79 Å². The Morgan fingerprint density at radius 1 is 0.918 bits per heavy atom. The summed E-state index contributed by atoms with van der Waals surface area (Å²) in [6.45, 7) is 4.02. The zero-order chi connectivity index (χ0) is 36.1. The first-order valence-electron chi connectivity index (χ1n) is 16.1. The van der Waals surface area contributed by atoms with Gasteiger partial charge in [0.05, 0.1) is 16.5 Å². The second-order valence-electron chi connectivity index (χ2n) is 12.1. The van der Waals surface area contributed by atoms with Crippen molar-refractivity contribution >= 4 is 46.8 Å². The summed E-state index contributed by atoms with van der Waals surface area (Å²) in [5, 5.41) is 19.7. The molecule has 0 fully saturated rings. The number of imide groups is 1. The molecular formula is C34H43N7O8. The maximum atomic E-state index is 13.3. The molecule has 6 amide bonds. The molecule has 2 atom stereocenters. The topological polar surface area (TPSA) is 237 Å². The summed E-state index contributed by atoms with van der Waals surface area (Å²) in [5.41, 5.74) is 12.4. The average molecular weight is 678 g/mol. The fourth-order valence-corrected chi connectivity index (χ4v) is 5.23. The van der Waals surface area contributed by atoms with Gasteiger partial charge in [0.25, 0.3) is 17.5 Å². The van der Waals surface area contributed by atoms with Crippen molar-refractivity contribution in [3.8, 4) is 0 Å². The van der Waals surface area contributed by atoms with Gasteiger partial charge in [-0.3, -0.25) is 39.0 Å². The van der Waals surface area contributed by atoms with Gasteiger partial charge in [0.2, 0.25) is 11.8 Å². The molecule has 0 radical (unpaired) electrons. The largest absolute Gasteiger partial charge is 0.352 e. The molecule has 7 N–H and O–H groups in total. The Morgan fingerprint density at radius 2 is 1.59 bits per heavy atom. The molecule has 0 aromatic heterocycles. The van der Waals surface area contributed by atoms with E-state index in [0.29, 0.717) is 36.9 Å². The highest BCUT2D eigenvalue weighted by Gasteiger charge is 2.27. The van der Waals surface area contributed by atoms with E-state index in [4.69, 9.17) is 11.5 Å². The number of amides is 6. The second-order valence-corrected chi connectivity index (χ2v) is 12.1. The molecule has 0 unspecified atom stereocenters. The summed E-state index contributed by atoms with van der Waals surface area (Å²) in [4.78, 5) is 85.9. The number of nitrogens with two attached hydrogens (primary N) is 2. The molecule has 15 heteroatoms. The van der Waals surface area contributed by atoms with Gasteiger partial charge in [-0.2, -0.15) is 0 Å². The highest BCUT2D eigenvalue weighted by atomic mass is 16.6. The van der Waals surface area contributed by atoms with Crippen LogP contribution in [0, 0.1) is 16.0 Å². The summed E-state index contributed by atoms with van der Waals surface area (Å²) in [6.07, 6.45) is 4.74. The number of primary amides is 1. The number of Topliss-reactive ketones (excluding diaryl/α,β-unsaturated/α-hetero) is 1. The summed E-state index contributed by atoms with van der Waals surface area (Å²) in [5.74, 6) is -2.24. The van der Waals surface area contributed by atoms with E-state index >= 15 is 0 Å². The molecule has 0 aliphatic carbocycles. The molecule has 0 spiro atoms. The maximum Gasteiger partial charge on any atom is 0.312 e. The molecular weight excluding hydrogens is 634 g/mol. The van der Waals surface area contributed by atoms with Crippen LogP contribution in [0.2, 0.25) is 0 Å². The molecule has 0 saturated carbocycles. The van der Waals surface area contributed by atoms with Gasteiger partial charge in [-0.05, 0) is 61.3 Å². The van der Waals surface area contributed by atoms with Gasteiger partial charge in [-0.15, -0.1) is 0 Å². The predicted molar refractivity (Wildman–Crippen MR) is 181 cm³/mol. The van der Waals surface area contributed by atoms with E-state index < -0.39 is 34.9 Å². The van der Waals surface area contributed by atoms with E-state index in [2.05, 4.69) is 16.0 Å². The van der Waals surface area contributed by atoms with Crippen molar-refractivity contribution in [2.45, 2.75) is 70.9 Å². The summed E-state index contributed by atoms with van der Waals surface area (Å²) >= 11 is 0. The number of carbonyl (C=O) groups is 6. The normalized spacial score (nSPS) is 13.7. The van der Waals surface area contributed by atoms with Crippen molar-refractivity contribution in [1.29, 1.82) is 0 Å². The number of rotatable bonds is 19. The van der Waals surface area contributed by atoms with Crippen molar-refractivity contribution in [3.05, 3.63) is 81.4 Å². The Kier molecular flexibility index (Phi) is 14.1. The Hall–Kier alpha value is -5.44. The van der Waals surface area contributed by atoms with Crippen LogP contribution < -0.4 is 27.4 Å². The number of nitrogens with zero attached hydrogens (tertiary/aromatic N) is 2. The number of anilines is 1. The first-order chi connectivity index (χ1) is 23.3. The predicted octanol–water partition coefficient (Wildman–Crippen LogP) is 2.71. The van der Waals surface area contributed by atoms with Gasteiger partial charge in [0.1, 0.15) is 6.04 Å². The third-order valence-corrected chi connectivity index (χ3v) is 8.03. The quantitative estimate of drug-likeness (QED) is 0.0482. The number of nitrogens with one attached hydrogen (secondary N) is 3. The minimum atomic E-state index is -0.938. The molecule has 15 nitrogen and oxygen atoms in total. The molecule has 0 saturated heterocycles. The van der Waals surface area contributed by atoms with Gasteiger partial charge in [-0.1, -0.05) is 44.5 Å².